The molecule has 0 aliphatic heterocycles. The Balaban J connectivity index is 2.58. The molecule has 0 spiro atoms. The maximum Gasteiger partial charge on any atom is 0.0184 e. The standard InChI is InChI=1S/C16H19N/c1-11-4-6-15(10-17)16(8-11)14-7-5-12(2)13(3)9-14/h4-9H,10,17H2,1-3H3. The smallest absolute Gasteiger partial charge is 0.0184 e. The topological polar surface area (TPSA) is 26.0 Å². The highest BCUT2D eigenvalue weighted by Crippen LogP contribution is 2.26. The molecule has 2 rings (SSSR count). The fraction of sp³-hybridized carbons (Fsp3) is 0.250. The van der Waals surface area contributed by atoms with Crippen LogP contribution in [0.15, 0.2) is 36.4 Å². The van der Waals surface area contributed by atoms with Gasteiger partial charge in [-0.25, -0.2) is 0 Å². The third-order valence-corrected chi connectivity index (χ3v) is 3.30. The summed E-state index contributed by atoms with van der Waals surface area (Å²) in [5.74, 6) is 0. The number of benzene rings is 2. The van der Waals surface area contributed by atoms with E-state index in [1.54, 1.807) is 0 Å². The Bertz CT molecular complexity index is 541. The van der Waals surface area contributed by atoms with E-state index in [9.17, 15) is 0 Å². The second kappa shape index (κ2) is 4.72. The van der Waals surface area contributed by atoms with Gasteiger partial charge in [-0.2, -0.15) is 0 Å². The van der Waals surface area contributed by atoms with Crippen LogP contribution in [0.1, 0.15) is 22.3 Å². The summed E-state index contributed by atoms with van der Waals surface area (Å²) in [5, 5.41) is 0. The van der Waals surface area contributed by atoms with Gasteiger partial charge in [0.2, 0.25) is 0 Å². The molecular formula is C16H19N. The van der Waals surface area contributed by atoms with Gasteiger partial charge < -0.3 is 5.73 Å². The molecule has 0 aliphatic rings. The van der Waals surface area contributed by atoms with E-state index in [1.165, 1.54) is 33.4 Å². The van der Waals surface area contributed by atoms with Crippen molar-refractivity contribution in [1.82, 2.24) is 0 Å². The quantitative estimate of drug-likeness (QED) is 0.828. The Hall–Kier alpha value is -1.60. The van der Waals surface area contributed by atoms with Crippen molar-refractivity contribution >= 4 is 0 Å². The summed E-state index contributed by atoms with van der Waals surface area (Å²) in [6, 6.07) is 13.0. The maximum absolute atomic E-state index is 5.81. The van der Waals surface area contributed by atoms with E-state index in [1.807, 2.05) is 0 Å². The van der Waals surface area contributed by atoms with Crippen molar-refractivity contribution in [3.63, 3.8) is 0 Å². The molecule has 2 aromatic carbocycles. The van der Waals surface area contributed by atoms with E-state index in [2.05, 4.69) is 57.2 Å². The van der Waals surface area contributed by atoms with Gasteiger partial charge in [0.05, 0.1) is 0 Å². The van der Waals surface area contributed by atoms with Crippen LogP contribution in [0.3, 0.4) is 0 Å². The number of hydrogen-bond acceptors (Lipinski definition) is 1. The van der Waals surface area contributed by atoms with Crippen molar-refractivity contribution in [3.05, 3.63) is 58.7 Å². The SMILES string of the molecule is Cc1ccc(CN)c(-c2ccc(C)c(C)c2)c1. The first-order valence-electron chi connectivity index (χ1n) is 5.99. The third kappa shape index (κ3) is 2.40. The zero-order valence-electron chi connectivity index (χ0n) is 10.7. The molecule has 2 aromatic rings. The molecule has 0 aromatic heterocycles. The van der Waals surface area contributed by atoms with E-state index in [-0.39, 0.29) is 0 Å². The lowest BCUT2D eigenvalue weighted by Gasteiger charge is -2.11. The Morgan fingerprint density at radius 2 is 1.65 bits per heavy atom. The van der Waals surface area contributed by atoms with Crippen LogP contribution in [0.2, 0.25) is 0 Å². The molecule has 0 saturated carbocycles. The lowest BCUT2D eigenvalue weighted by molar-refractivity contribution is 1.07. The number of aryl methyl sites for hydroxylation is 3. The second-order valence-corrected chi connectivity index (χ2v) is 4.66. The van der Waals surface area contributed by atoms with Gasteiger partial charge in [-0.3, -0.25) is 0 Å². The summed E-state index contributed by atoms with van der Waals surface area (Å²) >= 11 is 0. The number of hydrogen-bond donors (Lipinski definition) is 1. The lowest BCUT2D eigenvalue weighted by atomic mass is 9.95. The highest BCUT2D eigenvalue weighted by molar-refractivity contribution is 5.69. The first kappa shape index (κ1) is 11.9. The second-order valence-electron chi connectivity index (χ2n) is 4.66. The molecule has 0 atom stereocenters. The van der Waals surface area contributed by atoms with Gasteiger partial charge in [0, 0.05) is 6.54 Å². The van der Waals surface area contributed by atoms with Gasteiger partial charge in [0.25, 0.3) is 0 Å². The van der Waals surface area contributed by atoms with Crippen LogP contribution < -0.4 is 5.73 Å². The highest BCUT2D eigenvalue weighted by Gasteiger charge is 2.05. The average Bonchev–Trinajstić information content (AvgIpc) is 2.32. The van der Waals surface area contributed by atoms with Crippen LogP contribution >= 0.6 is 0 Å². The molecule has 88 valence electrons. The van der Waals surface area contributed by atoms with Crippen molar-refractivity contribution in [3.8, 4) is 11.1 Å². The molecule has 0 amide bonds. The van der Waals surface area contributed by atoms with Gasteiger partial charge in [-0.1, -0.05) is 42.0 Å². The van der Waals surface area contributed by atoms with Crippen molar-refractivity contribution in [1.29, 1.82) is 0 Å². The molecule has 0 unspecified atom stereocenters. The first-order chi connectivity index (χ1) is 8.11. The number of nitrogens with two attached hydrogens (primary N) is 1. The molecule has 1 nitrogen and oxygen atoms in total. The van der Waals surface area contributed by atoms with Crippen LogP contribution in [0.4, 0.5) is 0 Å². The van der Waals surface area contributed by atoms with Crippen LogP contribution in [0, 0.1) is 20.8 Å². The summed E-state index contributed by atoms with van der Waals surface area (Å²) in [4.78, 5) is 0. The average molecular weight is 225 g/mol. The van der Waals surface area contributed by atoms with Crippen molar-refractivity contribution < 1.29 is 0 Å². The summed E-state index contributed by atoms with van der Waals surface area (Å²) in [6.45, 7) is 6.99. The van der Waals surface area contributed by atoms with Gasteiger partial charge in [-0.05, 0) is 48.6 Å². The monoisotopic (exact) mass is 225 g/mol. The van der Waals surface area contributed by atoms with Gasteiger partial charge >= 0.3 is 0 Å². The highest BCUT2D eigenvalue weighted by atomic mass is 14.5. The fourth-order valence-electron chi connectivity index (χ4n) is 2.05. The van der Waals surface area contributed by atoms with Crippen LogP contribution in [-0.2, 0) is 6.54 Å². The minimum absolute atomic E-state index is 0.586. The summed E-state index contributed by atoms with van der Waals surface area (Å²) in [7, 11) is 0. The Morgan fingerprint density at radius 1 is 0.882 bits per heavy atom. The summed E-state index contributed by atoms with van der Waals surface area (Å²) in [6.07, 6.45) is 0. The van der Waals surface area contributed by atoms with Gasteiger partial charge in [0.1, 0.15) is 0 Å². The molecule has 0 radical (unpaired) electrons. The van der Waals surface area contributed by atoms with E-state index in [0.717, 1.165) is 0 Å². The van der Waals surface area contributed by atoms with E-state index in [4.69, 9.17) is 5.73 Å². The summed E-state index contributed by atoms with van der Waals surface area (Å²) < 4.78 is 0. The molecule has 1 heteroatoms. The molecule has 0 fully saturated rings. The molecule has 0 bridgehead atoms. The Kier molecular flexibility index (Phi) is 3.30. The Labute approximate surface area is 103 Å². The molecule has 17 heavy (non-hydrogen) atoms. The third-order valence-electron chi connectivity index (χ3n) is 3.30. The van der Waals surface area contributed by atoms with Crippen LogP contribution in [-0.4, -0.2) is 0 Å². The molecule has 2 N–H and O–H groups in total. The molecule has 0 heterocycles. The van der Waals surface area contributed by atoms with Crippen LogP contribution in [0.5, 0.6) is 0 Å². The van der Waals surface area contributed by atoms with Crippen molar-refractivity contribution in [2.75, 3.05) is 0 Å². The molecule has 0 saturated heterocycles. The van der Waals surface area contributed by atoms with Gasteiger partial charge in [-0.15, -0.1) is 0 Å². The van der Waals surface area contributed by atoms with Crippen molar-refractivity contribution in [2.24, 2.45) is 5.73 Å². The minimum Gasteiger partial charge on any atom is -0.326 e. The predicted octanol–water partition coefficient (Wildman–Crippen LogP) is 3.74. The van der Waals surface area contributed by atoms with Gasteiger partial charge in [0.15, 0.2) is 0 Å². The zero-order valence-corrected chi connectivity index (χ0v) is 10.7. The predicted molar refractivity (Wildman–Crippen MR) is 74.0 cm³/mol. The zero-order chi connectivity index (χ0) is 12.4. The lowest BCUT2D eigenvalue weighted by Crippen LogP contribution is -1.99. The normalized spacial score (nSPS) is 10.6. The molecular weight excluding hydrogens is 206 g/mol. The Morgan fingerprint density at radius 3 is 2.29 bits per heavy atom. The largest absolute Gasteiger partial charge is 0.326 e. The summed E-state index contributed by atoms with van der Waals surface area (Å²) in [5.41, 5.74) is 13.5. The minimum atomic E-state index is 0.586. The van der Waals surface area contributed by atoms with E-state index in [0.29, 0.717) is 6.54 Å². The van der Waals surface area contributed by atoms with E-state index >= 15 is 0 Å². The van der Waals surface area contributed by atoms with Crippen molar-refractivity contribution in [2.45, 2.75) is 27.3 Å². The van der Waals surface area contributed by atoms with Crippen LogP contribution in [0.25, 0.3) is 11.1 Å². The molecule has 0 aliphatic carbocycles. The number of rotatable bonds is 2. The first-order valence-corrected chi connectivity index (χ1v) is 5.99. The van der Waals surface area contributed by atoms with E-state index < -0.39 is 0 Å². The maximum atomic E-state index is 5.81. The fourth-order valence-corrected chi connectivity index (χ4v) is 2.05.